The van der Waals surface area contributed by atoms with E-state index < -0.39 is 6.04 Å². The highest BCUT2D eigenvalue weighted by Crippen LogP contribution is 2.42. The van der Waals surface area contributed by atoms with E-state index in [1.165, 1.54) is 29.5 Å². The Morgan fingerprint density at radius 1 is 0.837 bits per heavy atom. The number of ketones is 2. The summed E-state index contributed by atoms with van der Waals surface area (Å²) in [6, 6.07) is 18.7. The normalized spacial score (nSPS) is 18.3. The van der Waals surface area contributed by atoms with Crippen LogP contribution in [-0.4, -0.2) is 34.4 Å². The smallest absolute Gasteiger partial charge is 0.319 e. The number of Topliss-reactive ketones (excluding diaryl/α,β-unsaturated/α-hetero) is 2. The molecule has 0 aromatic heterocycles. The van der Waals surface area contributed by atoms with Gasteiger partial charge >= 0.3 is 6.03 Å². The third-order valence-corrected chi connectivity index (χ3v) is 8.64. The molecule has 222 valence electrons. The van der Waals surface area contributed by atoms with Crippen LogP contribution in [0, 0.1) is 0 Å². The number of hydrogen-bond donors (Lipinski definition) is 4. The Balaban J connectivity index is 0.997. The van der Waals surface area contributed by atoms with E-state index in [9.17, 15) is 19.2 Å². The monoisotopic (exact) mass is 579 g/mol. The summed E-state index contributed by atoms with van der Waals surface area (Å²) in [6.07, 6.45) is 3.63. The van der Waals surface area contributed by atoms with Crippen molar-refractivity contribution < 1.29 is 19.2 Å². The molecule has 0 bridgehead atoms. The average Bonchev–Trinajstić information content (AvgIpc) is 3.84. The van der Waals surface area contributed by atoms with E-state index in [-0.39, 0.29) is 42.9 Å². The third-order valence-electron chi connectivity index (χ3n) is 8.64. The van der Waals surface area contributed by atoms with E-state index in [4.69, 9.17) is 5.73 Å². The van der Waals surface area contributed by atoms with Gasteiger partial charge in [0.2, 0.25) is 0 Å². The molecule has 9 heteroatoms. The Kier molecular flexibility index (Phi) is 8.24. The van der Waals surface area contributed by atoms with Gasteiger partial charge in [0, 0.05) is 62.4 Å². The van der Waals surface area contributed by atoms with Crippen molar-refractivity contribution in [2.75, 3.05) is 10.6 Å². The molecule has 2 fully saturated rings. The number of nitrogens with two attached hydrogens (primary N) is 1. The molecule has 1 aliphatic heterocycles. The Labute approximate surface area is 251 Å². The first-order chi connectivity index (χ1) is 20.9. The maximum Gasteiger partial charge on any atom is 0.319 e. The number of carbonyl (C=O) groups excluding carboxylic acids is 4. The lowest BCUT2D eigenvalue weighted by molar-refractivity contribution is -0.124. The molecule has 0 saturated heterocycles. The van der Waals surface area contributed by atoms with Gasteiger partial charge in [-0.25, -0.2) is 4.79 Å². The predicted octanol–water partition coefficient (Wildman–Crippen LogP) is 4.99. The van der Waals surface area contributed by atoms with Crippen LogP contribution in [0.25, 0.3) is 0 Å². The lowest BCUT2D eigenvalue weighted by Gasteiger charge is -2.25. The van der Waals surface area contributed by atoms with E-state index >= 15 is 0 Å². The number of carbonyl (C=O) groups is 4. The van der Waals surface area contributed by atoms with Crippen molar-refractivity contribution in [1.82, 2.24) is 10.2 Å². The van der Waals surface area contributed by atoms with Crippen LogP contribution in [0.4, 0.5) is 16.2 Å². The van der Waals surface area contributed by atoms with Gasteiger partial charge in [-0.15, -0.1) is 0 Å². The third kappa shape index (κ3) is 6.62. The summed E-state index contributed by atoms with van der Waals surface area (Å²) in [5, 5.41) is 9.22. The number of rotatable bonds is 9. The number of amides is 3. The molecule has 2 aliphatic carbocycles. The van der Waals surface area contributed by atoms with Gasteiger partial charge in [0.25, 0.3) is 5.91 Å². The molecule has 3 aliphatic rings. The Bertz CT molecular complexity index is 1560. The fourth-order valence-electron chi connectivity index (χ4n) is 6.03. The van der Waals surface area contributed by atoms with Crippen molar-refractivity contribution in [2.24, 2.45) is 5.73 Å². The second-order valence-corrected chi connectivity index (χ2v) is 11.7. The number of urea groups is 1. The average molecular weight is 580 g/mol. The van der Waals surface area contributed by atoms with Crippen LogP contribution in [0.3, 0.4) is 0 Å². The number of anilines is 2. The van der Waals surface area contributed by atoms with Crippen molar-refractivity contribution >= 4 is 34.9 Å². The minimum absolute atomic E-state index is 0.0466. The Morgan fingerprint density at radius 2 is 1.60 bits per heavy atom. The second kappa shape index (κ2) is 12.4. The number of nitrogens with zero attached hydrogens (tertiary/aromatic N) is 1. The molecule has 1 unspecified atom stereocenters. The standard InChI is InChI=1S/C34H37N5O4/c35-17-21-1-3-24(30(16-21)23-4-5-23)19-36-26-6-8-27(9-7-26)38-34(43)37-18-22-2-12-29-25(15-22)20-39(33(29)42)31-13-10-28(40)11-14-32(31)41/h1-3,6-9,12,15-16,23,31,36H,4-5,10-11,13-14,17-20,35H2,(H2,37,38,43). The molecule has 6 rings (SSSR count). The lowest BCUT2D eigenvalue weighted by atomic mass is 10.00. The first kappa shape index (κ1) is 28.6. The predicted molar refractivity (Wildman–Crippen MR) is 165 cm³/mol. The van der Waals surface area contributed by atoms with Crippen LogP contribution in [0.2, 0.25) is 0 Å². The van der Waals surface area contributed by atoms with Crippen molar-refractivity contribution in [3.8, 4) is 0 Å². The minimum Gasteiger partial charge on any atom is -0.381 e. The highest BCUT2D eigenvalue weighted by molar-refractivity contribution is 6.02. The molecule has 1 heterocycles. The Hall–Kier alpha value is -4.50. The van der Waals surface area contributed by atoms with Crippen LogP contribution in [0.15, 0.2) is 60.7 Å². The van der Waals surface area contributed by atoms with Gasteiger partial charge in [-0.2, -0.15) is 0 Å². The van der Waals surface area contributed by atoms with Gasteiger partial charge in [-0.1, -0.05) is 30.3 Å². The van der Waals surface area contributed by atoms with Crippen molar-refractivity contribution in [1.29, 1.82) is 0 Å². The molecule has 2 saturated carbocycles. The SMILES string of the molecule is NCc1ccc(CNc2ccc(NC(=O)NCc3ccc4c(c3)CN(C3CCC(=O)CCC3=O)C4=O)cc2)c(C2CC2)c1. The van der Waals surface area contributed by atoms with Gasteiger partial charge in [0.1, 0.15) is 5.78 Å². The fourth-order valence-corrected chi connectivity index (χ4v) is 6.03. The first-order valence-electron chi connectivity index (χ1n) is 15.1. The molecule has 5 N–H and O–H groups in total. The molecule has 0 spiro atoms. The van der Waals surface area contributed by atoms with E-state index in [1.807, 2.05) is 36.4 Å². The number of fused-ring (bicyclic) bond motifs is 1. The van der Waals surface area contributed by atoms with Crippen LogP contribution < -0.4 is 21.7 Å². The summed E-state index contributed by atoms with van der Waals surface area (Å²) < 4.78 is 0. The molecule has 3 aromatic rings. The molecule has 0 radical (unpaired) electrons. The molecule has 3 amide bonds. The van der Waals surface area contributed by atoms with Gasteiger partial charge in [-0.3, -0.25) is 14.4 Å². The molecule has 9 nitrogen and oxygen atoms in total. The van der Waals surface area contributed by atoms with Crippen LogP contribution in [0.5, 0.6) is 0 Å². The van der Waals surface area contributed by atoms with Gasteiger partial charge < -0.3 is 26.6 Å². The number of nitrogens with one attached hydrogen (secondary N) is 3. The van der Waals surface area contributed by atoms with Gasteiger partial charge in [-0.05, 0) is 83.3 Å². The van der Waals surface area contributed by atoms with Crippen molar-refractivity contribution in [2.45, 2.75) is 76.7 Å². The van der Waals surface area contributed by atoms with Crippen LogP contribution in [0.1, 0.15) is 82.6 Å². The van der Waals surface area contributed by atoms with Crippen LogP contribution >= 0.6 is 0 Å². The topological polar surface area (TPSA) is 134 Å². The fraction of sp³-hybridized carbons (Fsp3) is 0.353. The molecular formula is C34H37N5O4. The largest absolute Gasteiger partial charge is 0.381 e. The highest BCUT2D eigenvalue weighted by Gasteiger charge is 2.37. The highest BCUT2D eigenvalue weighted by atomic mass is 16.2. The first-order valence-corrected chi connectivity index (χ1v) is 15.1. The lowest BCUT2D eigenvalue weighted by Crippen LogP contribution is -2.40. The molecule has 1 atom stereocenters. The summed E-state index contributed by atoms with van der Waals surface area (Å²) >= 11 is 0. The van der Waals surface area contributed by atoms with Gasteiger partial charge in [0.15, 0.2) is 5.78 Å². The van der Waals surface area contributed by atoms with E-state index in [0.717, 1.165) is 23.4 Å². The van der Waals surface area contributed by atoms with Crippen LogP contribution in [-0.2, 0) is 35.8 Å². The Morgan fingerprint density at radius 3 is 2.37 bits per heavy atom. The number of benzene rings is 3. The summed E-state index contributed by atoms with van der Waals surface area (Å²) in [4.78, 5) is 51.6. The van der Waals surface area contributed by atoms with E-state index in [0.29, 0.717) is 43.1 Å². The van der Waals surface area contributed by atoms with Gasteiger partial charge in [0.05, 0.1) is 6.04 Å². The summed E-state index contributed by atoms with van der Waals surface area (Å²) in [5.74, 6) is 0.499. The summed E-state index contributed by atoms with van der Waals surface area (Å²) in [7, 11) is 0. The van der Waals surface area contributed by atoms with Crippen molar-refractivity contribution in [3.63, 3.8) is 0 Å². The van der Waals surface area contributed by atoms with Crippen molar-refractivity contribution in [3.05, 3.63) is 94.0 Å². The quantitative estimate of drug-likeness (QED) is 0.264. The zero-order valence-electron chi connectivity index (χ0n) is 24.2. The molecular weight excluding hydrogens is 542 g/mol. The summed E-state index contributed by atoms with van der Waals surface area (Å²) in [5.41, 5.74) is 13.6. The maximum absolute atomic E-state index is 13.0. The zero-order chi connectivity index (χ0) is 29.9. The maximum atomic E-state index is 13.0. The summed E-state index contributed by atoms with van der Waals surface area (Å²) in [6.45, 7) is 1.90. The minimum atomic E-state index is -0.552. The van der Waals surface area contributed by atoms with E-state index in [1.54, 1.807) is 11.0 Å². The molecule has 43 heavy (non-hydrogen) atoms. The molecule has 3 aromatic carbocycles. The van der Waals surface area contributed by atoms with E-state index in [2.05, 4.69) is 34.1 Å². The zero-order valence-corrected chi connectivity index (χ0v) is 24.2. The number of hydrogen-bond acceptors (Lipinski definition) is 6. The second-order valence-electron chi connectivity index (χ2n) is 11.7.